The second-order valence-electron chi connectivity index (χ2n) is 3.35. The maximum atomic E-state index is 5.87. The lowest BCUT2D eigenvalue weighted by atomic mass is 10.2. The van der Waals surface area contributed by atoms with E-state index in [4.69, 9.17) is 27.9 Å². The van der Waals surface area contributed by atoms with Crippen LogP contribution >= 0.6 is 23.2 Å². The van der Waals surface area contributed by atoms with Crippen LogP contribution in [0.3, 0.4) is 0 Å². The Morgan fingerprint density at radius 1 is 0.875 bits per heavy atom. The van der Waals surface area contributed by atoms with Gasteiger partial charge in [0.05, 0.1) is 0 Å². The van der Waals surface area contributed by atoms with E-state index < -0.39 is 0 Å². The molecule has 2 aromatic rings. The predicted molar refractivity (Wildman–Crippen MR) is 67.4 cm³/mol. The van der Waals surface area contributed by atoms with E-state index in [-0.39, 0.29) is 0 Å². The minimum absolute atomic E-state index is 0.549. The summed E-state index contributed by atoms with van der Waals surface area (Å²) >= 11 is 11.7. The molecule has 0 aliphatic carbocycles. The van der Waals surface area contributed by atoms with Crippen molar-refractivity contribution in [2.75, 3.05) is 0 Å². The van der Waals surface area contributed by atoms with Gasteiger partial charge in [0.25, 0.3) is 0 Å². The third kappa shape index (κ3) is 2.91. The summed E-state index contributed by atoms with van der Waals surface area (Å²) < 4.78 is 5.61. The topological polar surface area (TPSA) is 9.23 Å². The maximum absolute atomic E-state index is 5.87. The molecule has 81 valence electrons. The average molecular weight is 252 g/mol. The summed E-state index contributed by atoms with van der Waals surface area (Å²) in [4.78, 5) is 0. The van der Waals surface area contributed by atoms with Gasteiger partial charge in [-0.1, -0.05) is 35.3 Å². The summed E-state index contributed by atoms with van der Waals surface area (Å²) in [6.45, 7) is 3.83. The highest BCUT2D eigenvalue weighted by Crippen LogP contribution is 2.28. The largest absolute Gasteiger partial charge is 0.457 e. The van der Waals surface area contributed by atoms with Crippen molar-refractivity contribution in [2.45, 2.75) is 0 Å². The molecule has 0 heterocycles. The lowest BCUT2D eigenvalue weighted by Crippen LogP contribution is -1.84. The zero-order valence-corrected chi connectivity index (χ0v) is 9.92. The van der Waals surface area contributed by atoms with Crippen molar-refractivity contribution in [2.24, 2.45) is 0 Å². The molecule has 1 nitrogen and oxygen atoms in total. The van der Waals surface area contributed by atoms with Crippen LogP contribution in [0.2, 0.25) is 10.0 Å². The zero-order valence-electron chi connectivity index (χ0n) is 8.41. The van der Waals surface area contributed by atoms with E-state index in [0.717, 1.165) is 5.56 Å². The molecule has 0 bridgehead atoms. The molecule has 0 saturated carbocycles. The van der Waals surface area contributed by atoms with Crippen LogP contribution in [0.5, 0.6) is 11.5 Å². The molecule has 0 N–H and O–H groups in total. The number of rotatable bonds is 2. The second kappa shape index (κ2) is 4.77. The molecular formula is C13H9Cl2O. The first kappa shape index (κ1) is 11.3. The van der Waals surface area contributed by atoms with E-state index in [2.05, 4.69) is 6.92 Å². The second-order valence-corrected chi connectivity index (χ2v) is 4.23. The molecule has 0 spiro atoms. The SMILES string of the molecule is [CH2]c1cccc(Oc2cc(Cl)cc(Cl)c2)c1. The van der Waals surface area contributed by atoms with Crippen molar-refractivity contribution in [1.82, 2.24) is 0 Å². The summed E-state index contributed by atoms with van der Waals surface area (Å²) in [6, 6.07) is 12.6. The first-order chi connectivity index (χ1) is 7.63. The zero-order chi connectivity index (χ0) is 11.5. The Morgan fingerprint density at radius 2 is 1.56 bits per heavy atom. The van der Waals surface area contributed by atoms with E-state index in [1.807, 2.05) is 24.3 Å². The van der Waals surface area contributed by atoms with E-state index in [9.17, 15) is 0 Å². The summed E-state index contributed by atoms with van der Waals surface area (Å²) in [7, 11) is 0. The molecule has 0 atom stereocenters. The van der Waals surface area contributed by atoms with Gasteiger partial charge in [0.1, 0.15) is 11.5 Å². The lowest BCUT2D eigenvalue weighted by Gasteiger charge is -2.07. The number of benzene rings is 2. The molecule has 16 heavy (non-hydrogen) atoms. The standard InChI is InChI=1S/C13H9Cl2O/c1-9-3-2-4-12(5-9)16-13-7-10(14)6-11(15)8-13/h2-8H,1H2. The highest BCUT2D eigenvalue weighted by molar-refractivity contribution is 6.34. The number of halogens is 2. The average Bonchev–Trinajstić information content (AvgIpc) is 2.15. The Hall–Kier alpha value is -1.18. The van der Waals surface area contributed by atoms with Crippen LogP contribution in [0.25, 0.3) is 0 Å². The fourth-order valence-corrected chi connectivity index (χ4v) is 1.84. The summed E-state index contributed by atoms with van der Waals surface area (Å²) in [5, 5.41) is 1.10. The van der Waals surface area contributed by atoms with Gasteiger partial charge in [-0.15, -0.1) is 0 Å². The fraction of sp³-hybridized carbons (Fsp3) is 0. The maximum Gasteiger partial charge on any atom is 0.130 e. The molecule has 0 saturated heterocycles. The quantitative estimate of drug-likeness (QED) is 0.733. The Kier molecular flexibility index (Phi) is 3.37. The van der Waals surface area contributed by atoms with Gasteiger partial charge < -0.3 is 4.74 Å². The molecule has 1 radical (unpaired) electrons. The minimum Gasteiger partial charge on any atom is -0.457 e. The molecular weight excluding hydrogens is 243 g/mol. The highest BCUT2D eigenvalue weighted by Gasteiger charge is 2.01. The molecule has 3 heteroatoms. The Balaban J connectivity index is 2.27. The van der Waals surface area contributed by atoms with E-state index in [1.165, 1.54) is 0 Å². The van der Waals surface area contributed by atoms with Gasteiger partial charge in [-0.05, 0) is 42.8 Å². The Bertz CT molecular complexity index is 489. The van der Waals surface area contributed by atoms with Gasteiger partial charge in [-0.25, -0.2) is 0 Å². The summed E-state index contributed by atoms with van der Waals surface area (Å²) in [6.07, 6.45) is 0. The van der Waals surface area contributed by atoms with E-state index in [1.54, 1.807) is 18.2 Å². The van der Waals surface area contributed by atoms with Gasteiger partial charge >= 0.3 is 0 Å². The van der Waals surface area contributed by atoms with Crippen molar-refractivity contribution >= 4 is 23.2 Å². The number of hydrogen-bond acceptors (Lipinski definition) is 1. The highest BCUT2D eigenvalue weighted by atomic mass is 35.5. The molecule has 0 amide bonds. The van der Waals surface area contributed by atoms with Crippen LogP contribution in [0.15, 0.2) is 42.5 Å². The summed E-state index contributed by atoms with van der Waals surface area (Å²) in [5.41, 5.74) is 0.894. The van der Waals surface area contributed by atoms with Crippen LogP contribution in [0, 0.1) is 6.92 Å². The van der Waals surface area contributed by atoms with Gasteiger partial charge in [0.15, 0.2) is 0 Å². The number of hydrogen-bond donors (Lipinski definition) is 0. The van der Waals surface area contributed by atoms with Crippen LogP contribution in [-0.2, 0) is 0 Å². The Labute approximate surface area is 105 Å². The molecule has 2 aromatic carbocycles. The van der Waals surface area contributed by atoms with Crippen LogP contribution < -0.4 is 4.74 Å². The molecule has 0 aromatic heterocycles. The minimum atomic E-state index is 0.549. The molecule has 2 rings (SSSR count). The van der Waals surface area contributed by atoms with Crippen LogP contribution in [0.4, 0.5) is 0 Å². The van der Waals surface area contributed by atoms with E-state index >= 15 is 0 Å². The molecule has 0 fully saturated rings. The smallest absolute Gasteiger partial charge is 0.130 e. The molecule has 0 aliphatic heterocycles. The van der Waals surface area contributed by atoms with Gasteiger partial charge in [0.2, 0.25) is 0 Å². The van der Waals surface area contributed by atoms with Crippen molar-refractivity contribution in [3.8, 4) is 11.5 Å². The Morgan fingerprint density at radius 3 is 2.19 bits per heavy atom. The third-order valence-electron chi connectivity index (χ3n) is 1.97. The predicted octanol–water partition coefficient (Wildman–Crippen LogP) is 4.97. The van der Waals surface area contributed by atoms with Crippen molar-refractivity contribution < 1.29 is 4.74 Å². The van der Waals surface area contributed by atoms with Crippen molar-refractivity contribution in [3.05, 3.63) is 65.0 Å². The first-order valence-corrected chi connectivity index (χ1v) is 5.45. The van der Waals surface area contributed by atoms with Crippen molar-refractivity contribution in [1.29, 1.82) is 0 Å². The van der Waals surface area contributed by atoms with Crippen molar-refractivity contribution in [3.63, 3.8) is 0 Å². The van der Waals surface area contributed by atoms with Gasteiger partial charge in [-0.2, -0.15) is 0 Å². The third-order valence-corrected chi connectivity index (χ3v) is 2.41. The van der Waals surface area contributed by atoms with Crippen LogP contribution in [-0.4, -0.2) is 0 Å². The van der Waals surface area contributed by atoms with Gasteiger partial charge in [0, 0.05) is 10.0 Å². The summed E-state index contributed by atoms with van der Waals surface area (Å²) in [5.74, 6) is 1.33. The fourth-order valence-electron chi connectivity index (χ4n) is 1.33. The lowest BCUT2D eigenvalue weighted by molar-refractivity contribution is 0.482. The van der Waals surface area contributed by atoms with E-state index in [0.29, 0.717) is 21.5 Å². The normalized spacial score (nSPS) is 10.2. The van der Waals surface area contributed by atoms with Gasteiger partial charge in [-0.3, -0.25) is 0 Å². The molecule has 0 aliphatic rings. The van der Waals surface area contributed by atoms with Crippen LogP contribution in [0.1, 0.15) is 5.56 Å². The number of ether oxygens (including phenoxy) is 1. The molecule has 0 unspecified atom stereocenters. The monoisotopic (exact) mass is 251 g/mol. The first-order valence-electron chi connectivity index (χ1n) is 4.69.